The first kappa shape index (κ1) is 23.0. The van der Waals surface area contributed by atoms with Gasteiger partial charge >= 0.3 is 6.03 Å². The summed E-state index contributed by atoms with van der Waals surface area (Å²) in [5.41, 5.74) is 1.42. The molecule has 3 heterocycles. The number of halogens is 1. The third-order valence-corrected chi connectivity index (χ3v) is 6.71. The first-order valence-electron chi connectivity index (χ1n) is 12.1. The molecule has 3 amide bonds. The smallest absolute Gasteiger partial charge is 0.321 e. The highest BCUT2D eigenvalue weighted by Crippen LogP contribution is 2.30. The average molecular weight is 478 g/mol. The van der Waals surface area contributed by atoms with Crippen LogP contribution in [0.15, 0.2) is 59.1 Å². The molecule has 1 N–H and O–H groups in total. The average Bonchev–Trinajstić information content (AvgIpc) is 3.40. The van der Waals surface area contributed by atoms with Gasteiger partial charge in [-0.25, -0.2) is 9.18 Å². The van der Waals surface area contributed by atoms with E-state index < -0.39 is 0 Å². The maximum Gasteiger partial charge on any atom is 0.321 e. The number of piperidine rings is 2. The minimum atomic E-state index is -0.322. The molecule has 2 atom stereocenters. The Hall–Kier alpha value is -3.75. The van der Waals surface area contributed by atoms with Gasteiger partial charge in [-0.3, -0.25) is 4.79 Å². The molecule has 0 aliphatic carbocycles. The van der Waals surface area contributed by atoms with Crippen LogP contribution < -0.4 is 5.32 Å². The van der Waals surface area contributed by atoms with Gasteiger partial charge in [-0.1, -0.05) is 23.4 Å². The van der Waals surface area contributed by atoms with Crippen LogP contribution in [0.2, 0.25) is 0 Å². The van der Waals surface area contributed by atoms with Crippen molar-refractivity contribution in [1.29, 1.82) is 0 Å². The number of nitrogens with zero attached hydrogens (tertiary/aromatic N) is 4. The third-order valence-electron chi connectivity index (χ3n) is 6.71. The number of amides is 3. The van der Waals surface area contributed by atoms with Gasteiger partial charge in [0.25, 0.3) is 0 Å². The number of anilines is 1. The Kier molecular flexibility index (Phi) is 6.74. The molecule has 1 aromatic heterocycles. The van der Waals surface area contributed by atoms with E-state index in [1.165, 1.54) is 12.1 Å². The van der Waals surface area contributed by atoms with Gasteiger partial charge in [0.1, 0.15) is 5.82 Å². The molecule has 0 radical (unpaired) electrons. The Bertz CT molecular complexity index is 1170. The standard InChI is InChI=1S/C26H28FN5O3/c27-21-12-10-18(11-13-21)23-29-24(35-30-23)19-6-4-14-31(16-19)25(33)20-7-5-15-32(17-20)26(34)28-22-8-2-1-3-9-22/h1-3,8-13,19-20H,4-7,14-17H2,(H,28,34)/t19-,20-/m1/s1. The van der Waals surface area contributed by atoms with Gasteiger partial charge in [0.05, 0.1) is 11.8 Å². The maximum atomic E-state index is 13.4. The zero-order chi connectivity index (χ0) is 24.2. The number of urea groups is 1. The molecule has 2 aromatic carbocycles. The summed E-state index contributed by atoms with van der Waals surface area (Å²) < 4.78 is 18.7. The largest absolute Gasteiger partial charge is 0.342 e. The lowest BCUT2D eigenvalue weighted by Crippen LogP contribution is -2.49. The molecule has 2 aliphatic heterocycles. The third kappa shape index (κ3) is 5.34. The second-order valence-corrected chi connectivity index (χ2v) is 9.17. The predicted octanol–water partition coefficient (Wildman–Crippen LogP) is 4.53. The number of aromatic nitrogens is 2. The van der Waals surface area contributed by atoms with Crippen LogP contribution in [0.25, 0.3) is 11.4 Å². The van der Waals surface area contributed by atoms with E-state index >= 15 is 0 Å². The van der Waals surface area contributed by atoms with E-state index in [1.54, 1.807) is 17.0 Å². The van der Waals surface area contributed by atoms with Crippen LogP contribution in [-0.4, -0.2) is 58.1 Å². The van der Waals surface area contributed by atoms with Crippen LogP contribution in [0.3, 0.4) is 0 Å². The molecule has 182 valence electrons. The second kappa shape index (κ2) is 10.2. The number of para-hydroxylation sites is 1. The zero-order valence-electron chi connectivity index (χ0n) is 19.4. The molecular weight excluding hydrogens is 449 g/mol. The minimum Gasteiger partial charge on any atom is -0.342 e. The quantitative estimate of drug-likeness (QED) is 0.596. The lowest BCUT2D eigenvalue weighted by atomic mass is 9.93. The van der Waals surface area contributed by atoms with Gasteiger partial charge in [0.2, 0.25) is 17.6 Å². The fraction of sp³-hybridized carbons (Fsp3) is 0.385. The summed E-state index contributed by atoms with van der Waals surface area (Å²) in [6.45, 7) is 2.24. The van der Waals surface area contributed by atoms with E-state index in [9.17, 15) is 14.0 Å². The van der Waals surface area contributed by atoms with Crippen molar-refractivity contribution in [1.82, 2.24) is 19.9 Å². The second-order valence-electron chi connectivity index (χ2n) is 9.17. The summed E-state index contributed by atoms with van der Waals surface area (Å²) >= 11 is 0. The van der Waals surface area contributed by atoms with E-state index in [2.05, 4.69) is 15.5 Å². The van der Waals surface area contributed by atoms with Crippen LogP contribution in [0, 0.1) is 11.7 Å². The minimum absolute atomic E-state index is 0.0459. The number of hydrogen-bond acceptors (Lipinski definition) is 5. The van der Waals surface area contributed by atoms with Crippen molar-refractivity contribution in [2.24, 2.45) is 5.92 Å². The van der Waals surface area contributed by atoms with Crippen molar-refractivity contribution in [3.63, 3.8) is 0 Å². The monoisotopic (exact) mass is 477 g/mol. The van der Waals surface area contributed by atoms with Crippen molar-refractivity contribution >= 4 is 17.6 Å². The molecule has 3 aromatic rings. The number of hydrogen-bond donors (Lipinski definition) is 1. The molecule has 0 saturated carbocycles. The molecule has 0 unspecified atom stereocenters. The highest BCUT2D eigenvalue weighted by atomic mass is 19.1. The van der Waals surface area contributed by atoms with Crippen molar-refractivity contribution in [3.05, 3.63) is 66.3 Å². The van der Waals surface area contributed by atoms with Gasteiger partial charge in [-0.05, 0) is 62.1 Å². The Morgan fingerprint density at radius 2 is 1.69 bits per heavy atom. The van der Waals surface area contributed by atoms with Crippen molar-refractivity contribution < 1.29 is 18.5 Å². The highest BCUT2D eigenvalue weighted by Gasteiger charge is 2.35. The fourth-order valence-electron chi connectivity index (χ4n) is 4.84. The molecule has 2 saturated heterocycles. The van der Waals surface area contributed by atoms with E-state index in [0.29, 0.717) is 43.5 Å². The molecular formula is C26H28FN5O3. The van der Waals surface area contributed by atoms with Gasteiger partial charge in [0.15, 0.2) is 0 Å². The van der Waals surface area contributed by atoms with Gasteiger partial charge < -0.3 is 19.6 Å². The summed E-state index contributed by atoms with van der Waals surface area (Å²) in [5, 5.41) is 6.96. The SMILES string of the molecule is O=C(Nc1ccccc1)N1CCC[C@@H](C(=O)N2CCC[C@@H](c3nc(-c4ccc(F)cc4)no3)C2)C1. The van der Waals surface area contributed by atoms with Crippen LogP contribution in [0.5, 0.6) is 0 Å². The van der Waals surface area contributed by atoms with Crippen molar-refractivity contribution in [2.45, 2.75) is 31.6 Å². The molecule has 35 heavy (non-hydrogen) atoms. The summed E-state index contributed by atoms with van der Waals surface area (Å²) in [6, 6.07) is 15.1. The molecule has 2 fully saturated rings. The Labute approximate surface area is 203 Å². The topological polar surface area (TPSA) is 91.6 Å². The normalized spacial score (nSPS) is 20.5. The zero-order valence-corrected chi connectivity index (χ0v) is 19.4. The van der Waals surface area contributed by atoms with Crippen LogP contribution >= 0.6 is 0 Å². The van der Waals surface area contributed by atoms with Crippen LogP contribution in [-0.2, 0) is 4.79 Å². The first-order chi connectivity index (χ1) is 17.1. The summed E-state index contributed by atoms with van der Waals surface area (Å²) in [6.07, 6.45) is 3.26. The van der Waals surface area contributed by atoms with E-state index in [0.717, 1.165) is 31.4 Å². The predicted molar refractivity (Wildman–Crippen MR) is 128 cm³/mol. The van der Waals surface area contributed by atoms with Crippen molar-refractivity contribution in [2.75, 3.05) is 31.5 Å². The fourth-order valence-corrected chi connectivity index (χ4v) is 4.84. The maximum absolute atomic E-state index is 13.4. The van der Waals surface area contributed by atoms with Crippen LogP contribution in [0.1, 0.15) is 37.5 Å². The molecule has 9 heteroatoms. The Morgan fingerprint density at radius 1 is 0.943 bits per heavy atom. The van der Waals surface area contributed by atoms with Crippen LogP contribution in [0.4, 0.5) is 14.9 Å². The van der Waals surface area contributed by atoms with E-state index in [4.69, 9.17) is 4.52 Å². The Balaban J connectivity index is 1.20. The number of carbonyl (C=O) groups is 2. The number of likely N-dealkylation sites (tertiary alicyclic amines) is 2. The summed E-state index contributed by atoms with van der Waals surface area (Å²) in [7, 11) is 0. The van der Waals surface area contributed by atoms with E-state index in [1.807, 2.05) is 35.2 Å². The Morgan fingerprint density at radius 3 is 2.49 bits per heavy atom. The number of nitrogens with one attached hydrogen (secondary N) is 1. The summed E-state index contributed by atoms with van der Waals surface area (Å²) in [5.74, 6) is 0.394. The number of benzene rings is 2. The summed E-state index contributed by atoms with van der Waals surface area (Å²) in [4.78, 5) is 34.2. The lowest BCUT2D eigenvalue weighted by Gasteiger charge is -2.37. The van der Waals surface area contributed by atoms with E-state index in [-0.39, 0.29) is 29.6 Å². The first-order valence-corrected chi connectivity index (χ1v) is 12.1. The molecule has 8 nitrogen and oxygen atoms in total. The highest BCUT2D eigenvalue weighted by molar-refractivity contribution is 5.90. The number of carbonyl (C=O) groups excluding carboxylic acids is 2. The van der Waals surface area contributed by atoms with Gasteiger partial charge in [-0.2, -0.15) is 4.98 Å². The van der Waals surface area contributed by atoms with Gasteiger partial charge in [0, 0.05) is 37.4 Å². The molecule has 0 bridgehead atoms. The lowest BCUT2D eigenvalue weighted by molar-refractivity contribution is -0.138. The molecule has 0 spiro atoms. The van der Waals surface area contributed by atoms with Crippen molar-refractivity contribution in [3.8, 4) is 11.4 Å². The number of rotatable bonds is 4. The molecule has 2 aliphatic rings. The van der Waals surface area contributed by atoms with Gasteiger partial charge in [-0.15, -0.1) is 0 Å². The molecule has 5 rings (SSSR count).